The van der Waals surface area contributed by atoms with Gasteiger partial charge in [-0.25, -0.2) is 0 Å². The molecule has 1 aliphatic rings. The maximum Gasteiger partial charge on any atom is 0.238 e. The maximum absolute atomic E-state index is 6.28. The SMILES string of the molecule is C[n+]1cccc2c1c1cc(Cl)ccc1n2CCCCCC1CCCCC1.[I-]. The molecule has 3 aromatic rings. The van der Waals surface area contributed by atoms with Gasteiger partial charge in [0.1, 0.15) is 12.6 Å². The number of halogens is 2. The zero-order chi connectivity index (χ0) is 17.9. The predicted octanol–water partition coefficient (Wildman–Crippen LogP) is 3.42. The molecule has 4 rings (SSSR count). The summed E-state index contributed by atoms with van der Waals surface area (Å²) in [6.45, 7) is 1.09. The number of hydrogen-bond acceptors (Lipinski definition) is 0. The first-order chi connectivity index (χ1) is 12.7. The van der Waals surface area contributed by atoms with E-state index in [-0.39, 0.29) is 24.0 Å². The smallest absolute Gasteiger partial charge is 0.238 e. The van der Waals surface area contributed by atoms with Crippen LogP contribution in [0.4, 0.5) is 0 Å². The van der Waals surface area contributed by atoms with E-state index in [1.54, 1.807) is 0 Å². The highest BCUT2D eigenvalue weighted by Crippen LogP contribution is 2.30. The summed E-state index contributed by atoms with van der Waals surface area (Å²) >= 11 is 6.28. The van der Waals surface area contributed by atoms with Crippen molar-refractivity contribution in [2.45, 2.75) is 64.3 Å². The fourth-order valence-electron chi connectivity index (χ4n) is 4.80. The van der Waals surface area contributed by atoms with Gasteiger partial charge in [-0.05, 0) is 36.6 Å². The van der Waals surface area contributed by atoms with Gasteiger partial charge in [0.15, 0.2) is 6.20 Å². The lowest BCUT2D eigenvalue weighted by Crippen LogP contribution is -3.00. The number of fused-ring (bicyclic) bond motifs is 3. The number of rotatable bonds is 6. The number of hydrogen-bond donors (Lipinski definition) is 0. The Labute approximate surface area is 184 Å². The van der Waals surface area contributed by atoms with Gasteiger partial charge in [-0.15, -0.1) is 0 Å². The number of benzene rings is 1. The van der Waals surface area contributed by atoms with Crippen LogP contribution in [0.3, 0.4) is 0 Å². The van der Waals surface area contributed by atoms with Crippen LogP contribution in [0.5, 0.6) is 0 Å². The van der Waals surface area contributed by atoms with Crippen molar-refractivity contribution in [3.05, 3.63) is 41.6 Å². The van der Waals surface area contributed by atoms with Crippen molar-refractivity contribution in [3.8, 4) is 0 Å². The lowest BCUT2D eigenvalue weighted by atomic mass is 9.85. The minimum Gasteiger partial charge on any atom is -1.00 e. The summed E-state index contributed by atoms with van der Waals surface area (Å²) in [5.74, 6) is 1.01. The first kappa shape index (κ1) is 20.9. The van der Waals surface area contributed by atoms with Crippen LogP contribution in [0.25, 0.3) is 21.9 Å². The molecule has 0 radical (unpaired) electrons. The minimum atomic E-state index is 0. The maximum atomic E-state index is 6.28. The van der Waals surface area contributed by atoms with Crippen LogP contribution >= 0.6 is 11.6 Å². The van der Waals surface area contributed by atoms with Crippen LogP contribution in [-0.4, -0.2) is 4.57 Å². The van der Waals surface area contributed by atoms with E-state index in [2.05, 4.69) is 46.6 Å². The summed E-state index contributed by atoms with van der Waals surface area (Å²) in [5.41, 5.74) is 3.91. The summed E-state index contributed by atoms with van der Waals surface area (Å²) < 4.78 is 4.70. The van der Waals surface area contributed by atoms with Crippen molar-refractivity contribution in [1.82, 2.24) is 4.57 Å². The predicted molar refractivity (Wildman–Crippen MR) is 111 cm³/mol. The van der Waals surface area contributed by atoms with Gasteiger partial charge in [-0.2, -0.15) is 4.57 Å². The third-order valence-corrected chi connectivity index (χ3v) is 6.41. The van der Waals surface area contributed by atoms with Gasteiger partial charge >= 0.3 is 0 Å². The highest BCUT2D eigenvalue weighted by atomic mass is 127. The van der Waals surface area contributed by atoms with E-state index in [1.165, 1.54) is 79.7 Å². The molecule has 1 fully saturated rings. The Kier molecular flexibility index (Phi) is 7.43. The van der Waals surface area contributed by atoms with E-state index in [9.17, 15) is 0 Å². The third kappa shape index (κ3) is 4.61. The molecular formula is C23H30ClIN2. The summed E-state index contributed by atoms with van der Waals surface area (Å²) in [7, 11) is 2.12. The van der Waals surface area contributed by atoms with Crippen LogP contribution < -0.4 is 28.5 Å². The molecule has 1 aliphatic carbocycles. The second kappa shape index (κ2) is 9.60. The number of unbranched alkanes of at least 4 members (excludes halogenated alkanes) is 2. The van der Waals surface area contributed by atoms with Gasteiger partial charge in [-0.1, -0.05) is 63.0 Å². The first-order valence-electron chi connectivity index (χ1n) is 10.3. The zero-order valence-corrected chi connectivity index (χ0v) is 19.2. The molecule has 0 bridgehead atoms. The molecule has 4 heteroatoms. The Morgan fingerprint density at radius 2 is 1.85 bits per heavy atom. The van der Waals surface area contributed by atoms with Crippen molar-refractivity contribution in [3.63, 3.8) is 0 Å². The highest BCUT2D eigenvalue weighted by molar-refractivity contribution is 6.31. The molecule has 0 aliphatic heterocycles. The third-order valence-electron chi connectivity index (χ3n) is 6.17. The molecule has 0 unspecified atom stereocenters. The molecule has 2 aromatic heterocycles. The highest BCUT2D eigenvalue weighted by Gasteiger charge is 2.18. The Hall–Kier alpha value is -0.810. The van der Waals surface area contributed by atoms with Gasteiger partial charge in [-0.3, -0.25) is 0 Å². The zero-order valence-electron chi connectivity index (χ0n) is 16.3. The average molecular weight is 497 g/mol. The van der Waals surface area contributed by atoms with E-state index >= 15 is 0 Å². The topological polar surface area (TPSA) is 8.81 Å². The molecule has 146 valence electrons. The van der Waals surface area contributed by atoms with Gasteiger partial charge in [0, 0.05) is 17.6 Å². The van der Waals surface area contributed by atoms with Crippen LogP contribution in [0, 0.1) is 5.92 Å². The Morgan fingerprint density at radius 3 is 2.67 bits per heavy atom. The van der Waals surface area contributed by atoms with Crippen molar-refractivity contribution < 1.29 is 28.5 Å². The summed E-state index contributed by atoms with van der Waals surface area (Å²) in [6.07, 6.45) is 14.9. The Balaban J connectivity index is 0.00000210. The van der Waals surface area contributed by atoms with Crippen molar-refractivity contribution in [1.29, 1.82) is 0 Å². The number of nitrogens with zero attached hydrogens (tertiary/aromatic N) is 2. The van der Waals surface area contributed by atoms with Gasteiger partial charge < -0.3 is 28.5 Å². The van der Waals surface area contributed by atoms with Crippen LogP contribution in [0.2, 0.25) is 5.02 Å². The molecular weight excluding hydrogens is 467 g/mol. The van der Waals surface area contributed by atoms with Crippen molar-refractivity contribution >= 4 is 33.5 Å². The molecule has 0 N–H and O–H groups in total. The van der Waals surface area contributed by atoms with Crippen LogP contribution in [0.1, 0.15) is 57.8 Å². The largest absolute Gasteiger partial charge is 1.00 e. The van der Waals surface area contributed by atoms with Crippen LogP contribution in [0.15, 0.2) is 36.5 Å². The molecule has 27 heavy (non-hydrogen) atoms. The number of aromatic nitrogens is 2. The minimum absolute atomic E-state index is 0. The molecule has 0 saturated heterocycles. The van der Waals surface area contributed by atoms with Crippen molar-refractivity contribution in [2.24, 2.45) is 13.0 Å². The number of pyridine rings is 1. The first-order valence-corrected chi connectivity index (χ1v) is 10.7. The van der Waals surface area contributed by atoms with Crippen molar-refractivity contribution in [2.75, 3.05) is 0 Å². The van der Waals surface area contributed by atoms with Gasteiger partial charge in [0.25, 0.3) is 0 Å². The normalized spacial score (nSPS) is 15.3. The monoisotopic (exact) mass is 496 g/mol. The molecule has 1 aromatic carbocycles. The fourth-order valence-corrected chi connectivity index (χ4v) is 4.97. The summed E-state index contributed by atoms with van der Waals surface area (Å²) in [6, 6.07) is 10.7. The molecule has 0 spiro atoms. The van der Waals surface area contributed by atoms with E-state index in [1.807, 2.05) is 6.07 Å². The number of aryl methyl sites for hydroxylation is 2. The lowest BCUT2D eigenvalue weighted by Gasteiger charge is -2.21. The summed E-state index contributed by atoms with van der Waals surface area (Å²) in [5, 5.41) is 2.07. The average Bonchev–Trinajstić information content (AvgIpc) is 2.96. The quantitative estimate of drug-likeness (QED) is 0.281. The standard InChI is InChI=1S/C23H30ClN2.HI/c1-25-15-8-12-22-23(25)20-17-19(24)13-14-21(20)26(22)16-7-3-6-11-18-9-4-2-5-10-18;/h8,12-15,17-18H,2-7,9-11,16H2,1H3;1H/q+1;/p-1. The van der Waals surface area contributed by atoms with Gasteiger partial charge in [0.2, 0.25) is 5.52 Å². The molecule has 0 amide bonds. The van der Waals surface area contributed by atoms with Crippen LogP contribution in [-0.2, 0) is 13.6 Å². The summed E-state index contributed by atoms with van der Waals surface area (Å²) in [4.78, 5) is 0. The van der Waals surface area contributed by atoms with E-state index in [0.29, 0.717) is 0 Å². The second-order valence-corrected chi connectivity index (χ2v) is 8.46. The van der Waals surface area contributed by atoms with E-state index in [4.69, 9.17) is 11.6 Å². The second-order valence-electron chi connectivity index (χ2n) is 8.02. The molecule has 2 heterocycles. The Bertz CT molecular complexity index is 896. The lowest BCUT2D eigenvalue weighted by molar-refractivity contribution is -0.644. The molecule has 1 saturated carbocycles. The Morgan fingerprint density at radius 1 is 1.04 bits per heavy atom. The molecule has 2 nitrogen and oxygen atoms in total. The fraction of sp³-hybridized carbons (Fsp3) is 0.522. The van der Waals surface area contributed by atoms with E-state index in [0.717, 1.165) is 17.5 Å². The van der Waals surface area contributed by atoms with E-state index < -0.39 is 0 Å². The van der Waals surface area contributed by atoms with Gasteiger partial charge in [0.05, 0.1) is 10.9 Å². The molecule has 0 atom stereocenters.